The van der Waals surface area contributed by atoms with Crippen LogP contribution in [0.25, 0.3) is 10.9 Å². The van der Waals surface area contributed by atoms with Crippen LogP contribution >= 0.6 is 11.6 Å². The largest absolute Gasteiger partial charge is 0.332 e. The summed E-state index contributed by atoms with van der Waals surface area (Å²) in [5, 5.41) is 5.24. The van der Waals surface area contributed by atoms with Crippen molar-refractivity contribution in [3.8, 4) is 0 Å². The standard InChI is InChI=1S/C20H18ClN3O2/c1-2-24-17-8-7-15(21)11-16(17)19(25)18(22-24)20(26)23-10-9-13-5-3-4-6-14(13)12-23/h3-8,11H,2,9-10,12H2,1H3. The maximum Gasteiger partial charge on any atom is 0.278 e. The van der Waals surface area contributed by atoms with Crippen LogP contribution in [0.2, 0.25) is 5.02 Å². The number of hydrogen-bond donors (Lipinski definition) is 0. The smallest absolute Gasteiger partial charge is 0.278 e. The summed E-state index contributed by atoms with van der Waals surface area (Å²) in [6.45, 7) is 3.56. The summed E-state index contributed by atoms with van der Waals surface area (Å²) in [5.74, 6) is -0.325. The van der Waals surface area contributed by atoms with E-state index in [0.717, 1.165) is 12.0 Å². The van der Waals surface area contributed by atoms with Crippen LogP contribution in [0.15, 0.2) is 47.3 Å². The fourth-order valence-electron chi connectivity index (χ4n) is 3.46. The van der Waals surface area contributed by atoms with Crippen molar-refractivity contribution >= 4 is 28.4 Å². The number of nitrogens with zero attached hydrogens (tertiary/aromatic N) is 3. The number of aryl methyl sites for hydroxylation is 1. The van der Waals surface area contributed by atoms with E-state index in [1.165, 1.54) is 5.56 Å². The monoisotopic (exact) mass is 367 g/mol. The lowest BCUT2D eigenvalue weighted by Gasteiger charge is -2.28. The Morgan fingerprint density at radius 1 is 1.19 bits per heavy atom. The fourth-order valence-corrected chi connectivity index (χ4v) is 3.63. The van der Waals surface area contributed by atoms with Gasteiger partial charge in [0.25, 0.3) is 5.91 Å². The van der Waals surface area contributed by atoms with Gasteiger partial charge in [-0.1, -0.05) is 35.9 Å². The second-order valence-electron chi connectivity index (χ2n) is 6.40. The van der Waals surface area contributed by atoms with Gasteiger partial charge in [0.2, 0.25) is 5.43 Å². The first-order chi connectivity index (χ1) is 12.6. The zero-order chi connectivity index (χ0) is 18.3. The molecule has 0 fully saturated rings. The average Bonchev–Trinajstić information content (AvgIpc) is 2.67. The van der Waals surface area contributed by atoms with Gasteiger partial charge in [-0.3, -0.25) is 14.3 Å². The van der Waals surface area contributed by atoms with E-state index in [4.69, 9.17) is 11.6 Å². The number of hydrogen-bond acceptors (Lipinski definition) is 3. The minimum absolute atomic E-state index is 0.0407. The van der Waals surface area contributed by atoms with Gasteiger partial charge in [-0.2, -0.15) is 5.10 Å². The third-order valence-corrected chi connectivity index (χ3v) is 5.07. The molecule has 26 heavy (non-hydrogen) atoms. The molecule has 4 rings (SSSR count). The second-order valence-corrected chi connectivity index (χ2v) is 6.84. The molecule has 0 atom stereocenters. The first-order valence-corrected chi connectivity index (χ1v) is 9.02. The molecule has 0 spiro atoms. The molecule has 2 heterocycles. The topological polar surface area (TPSA) is 55.2 Å². The highest BCUT2D eigenvalue weighted by molar-refractivity contribution is 6.31. The van der Waals surface area contributed by atoms with E-state index in [0.29, 0.717) is 35.6 Å². The average molecular weight is 368 g/mol. The van der Waals surface area contributed by atoms with Crippen molar-refractivity contribution in [2.75, 3.05) is 6.54 Å². The molecule has 2 aromatic carbocycles. The third kappa shape index (κ3) is 2.78. The van der Waals surface area contributed by atoms with Crippen LogP contribution in [0.4, 0.5) is 0 Å². The number of carbonyl (C=O) groups is 1. The summed E-state index contributed by atoms with van der Waals surface area (Å²) in [5.41, 5.74) is 2.65. The summed E-state index contributed by atoms with van der Waals surface area (Å²) in [6.07, 6.45) is 0.781. The Kier molecular flexibility index (Phi) is 4.24. The summed E-state index contributed by atoms with van der Waals surface area (Å²) < 4.78 is 1.68. The van der Waals surface area contributed by atoms with Crippen molar-refractivity contribution < 1.29 is 4.79 Å². The van der Waals surface area contributed by atoms with E-state index >= 15 is 0 Å². The molecule has 0 saturated heterocycles. The lowest BCUT2D eigenvalue weighted by molar-refractivity contribution is 0.0725. The van der Waals surface area contributed by atoms with Crippen LogP contribution in [0, 0.1) is 0 Å². The zero-order valence-corrected chi connectivity index (χ0v) is 15.2. The SMILES string of the molecule is CCn1nc(C(=O)N2CCc3ccccc3C2)c(=O)c2cc(Cl)ccc21. The van der Waals surface area contributed by atoms with E-state index in [2.05, 4.69) is 11.2 Å². The van der Waals surface area contributed by atoms with Gasteiger partial charge < -0.3 is 4.90 Å². The van der Waals surface area contributed by atoms with E-state index in [9.17, 15) is 9.59 Å². The summed E-state index contributed by atoms with van der Waals surface area (Å²) in [7, 11) is 0. The number of halogens is 1. The molecule has 0 saturated carbocycles. The van der Waals surface area contributed by atoms with Crippen LogP contribution in [0.3, 0.4) is 0 Å². The van der Waals surface area contributed by atoms with Crippen molar-refractivity contribution in [2.45, 2.75) is 26.4 Å². The summed E-state index contributed by atoms with van der Waals surface area (Å²) >= 11 is 6.06. The first kappa shape index (κ1) is 16.8. The van der Waals surface area contributed by atoms with Gasteiger partial charge in [0, 0.05) is 24.7 Å². The molecule has 0 aliphatic carbocycles. The van der Waals surface area contributed by atoms with Gasteiger partial charge in [-0.05, 0) is 42.7 Å². The van der Waals surface area contributed by atoms with Crippen molar-refractivity contribution in [3.63, 3.8) is 0 Å². The quantitative estimate of drug-likeness (QED) is 0.698. The molecule has 5 nitrogen and oxygen atoms in total. The molecule has 0 unspecified atom stereocenters. The maximum absolute atomic E-state index is 13.0. The Labute approximate surface area is 155 Å². The number of rotatable bonds is 2. The predicted molar refractivity (Wildman–Crippen MR) is 102 cm³/mol. The Morgan fingerprint density at radius 2 is 1.96 bits per heavy atom. The molecule has 1 aromatic heterocycles. The zero-order valence-electron chi connectivity index (χ0n) is 14.4. The van der Waals surface area contributed by atoms with E-state index in [1.807, 2.05) is 25.1 Å². The second kappa shape index (κ2) is 6.57. The van der Waals surface area contributed by atoms with Crippen LogP contribution < -0.4 is 5.43 Å². The van der Waals surface area contributed by atoms with Crippen molar-refractivity contribution in [1.29, 1.82) is 0 Å². The molecule has 1 aliphatic heterocycles. The lowest BCUT2D eigenvalue weighted by Crippen LogP contribution is -2.39. The Balaban J connectivity index is 1.78. The van der Waals surface area contributed by atoms with Gasteiger partial charge in [0.15, 0.2) is 5.69 Å². The van der Waals surface area contributed by atoms with Gasteiger partial charge in [0.1, 0.15) is 0 Å². The van der Waals surface area contributed by atoms with Gasteiger partial charge in [0.05, 0.1) is 10.9 Å². The van der Waals surface area contributed by atoms with Crippen LogP contribution in [-0.2, 0) is 19.5 Å². The molecule has 1 aliphatic rings. The van der Waals surface area contributed by atoms with Crippen molar-refractivity contribution in [3.05, 3.63) is 74.5 Å². The maximum atomic E-state index is 13.0. The van der Waals surface area contributed by atoms with E-state index < -0.39 is 0 Å². The number of fused-ring (bicyclic) bond motifs is 2. The summed E-state index contributed by atoms with van der Waals surface area (Å²) in [6, 6.07) is 13.2. The minimum atomic E-state index is -0.365. The molecule has 3 aromatic rings. The highest BCUT2D eigenvalue weighted by Gasteiger charge is 2.26. The van der Waals surface area contributed by atoms with Gasteiger partial charge in [-0.25, -0.2) is 0 Å². The van der Waals surface area contributed by atoms with E-state index in [1.54, 1.807) is 27.8 Å². The lowest BCUT2D eigenvalue weighted by atomic mass is 9.99. The minimum Gasteiger partial charge on any atom is -0.332 e. The highest BCUT2D eigenvalue weighted by atomic mass is 35.5. The first-order valence-electron chi connectivity index (χ1n) is 8.65. The normalized spacial score (nSPS) is 13.7. The van der Waals surface area contributed by atoms with E-state index in [-0.39, 0.29) is 17.0 Å². The molecule has 6 heteroatoms. The number of aromatic nitrogens is 2. The third-order valence-electron chi connectivity index (χ3n) is 4.84. The fraction of sp³-hybridized carbons (Fsp3) is 0.250. The highest BCUT2D eigenvalue weighted by Crippen LogP contribution is 2.21. The Bertz CT molecular complexity index is 1070. The molecule has 0 bridgehead atoms. The molecule has 0 N–H and O–H groups in total. The molecule has 1 amide bonds. The molecular weight excluding hydrogens is 350 g/mol. The van der Waals surface area contributed by atoms with Crippen molar-refractivity contribution in [1.82, 2.24) is 14.7 Å². The summed E-state index contributed by atoms with van der Waals surface area (Å²) in [4.78, 5) is 27.6. The van der Waals surface area contributed by atoms with Gasteiger partial charge in [-0.15, -0.1) is 0 Å². The number of carbonyl (C=O) groups excluding carboxylic acids is 1. The van der Waals surface area contributed by atoms with Crippen LogP contribution in [0.1, 0.15) is 28.5 Å². The molecular formula is C20H18ClN3O2. The Hall–Kier alpha value is -2.66. The molecule has 132 valence electrons. The molecule has 0 radical (unpaired) electrons. The van der Waals surface area contributed by atoms with Crippen LogP contribution in [-0.4, -0.2) is 27.1 Å². The Morgan fingerprint density at radius 3 is 2.73 bits per heavy atom. The van der Waals surface area contributed by atoms with Gasteiger partial charge >= 0.3 is 0 Å². The van der Waals surface area contributed by atoms with Crippen LogP contribution in [0.5, 0.6) is 0 Å². The number of amides is 1. The predicted octanol–water partition coefficient (Wildman–Crippen LogP) is 3.27. The number of benzene rings is 2. The van der Waals surface area contributed by atoms with Crippen molar-refractivity contribution in [2.24, 2.45) is 0 Å².